The second-order valence-electron chi connectivity index (χ2n) is 6.35. The molecule has 0 atom stereocenters. The first-order chi connectivity index (χ1) is 12.8. The van der Waals surface area contributed by atoms with Crippen LogP contribution in [-0.4, -0.2) is 39.3 Å². The van der Waals surface area contributed by atoms with Gasteiger partial charge in [0.1, 0.15) is 5.75 Å². The van der Waals surface area contributed by atoms with Gasteiger partial charge in [0.05, 0.1) is 11.5 Å². The van der Waals surface area contributed by atoms with Crippen LogP contribution in [0.4, 0.5) is 5.69 Å². The van der Waals surface area contributed by atoms with Crippen molar-refractivity contribution in [1.82, 2.24) is 4.31 Å². The van der Waals surface area contributed by atoms with Gasteiger partial charge < -0.3 is 10.1 Å². The van der Waals surface area contributed by atoms with Gasteiger partial charge in [0, 0.05) is 25.3 Å². The van der Waals surface area contributed by atoms with E-state index in [-0.39, 0.29) is 10.8 Å². The summed E-state index contributed by atoms with van der Waals surface area (Å²) < 4.78 is 31.2. The lowest BCUT2D eigenvalue weighted by molar-refractivity contribution is 0.102. The van der Waals surface area contributed by atoms with Crippen molar-refractivity contribution in [2.24, 2.45) is 0 Å². The van der Waals surface area contributed by atoms with Gasteiger partial charge in [0.25, 0.3) is 5.91 Å². The van der Waals surface area contributed by atoms with Crippen molar-refractivity contribution in [2.45, 2.75) is 31.1 Å². The average molecular weight is 391 g/mol. The number of nitrogens with one attached hydrogen (secondary N) is 1. The van der Waals surface area contributed by atoms with Crippen LogP contribution in [-0.2, 0) is 10.0 Å². The van der Waals surface area contributed by atoms with Crippen LogP contribution >= 0.6 is 0 Å². The molecule has 6 nitrogen and oxygen atoms in total. The van der Waals surface area contributed by atoms with Gasteiger partial charge in [-0.2, -0.15) is 0 Å². The first-order valence-electron chi connectivity index (χ1n) is 8.91. The lowest BCUT2D eigenvalue weighted by Gasteiger charge is -2.13. The van der Waals surface area contributed by atoms with Gasteiger partial charge in [0.15, 0.2) is 0 Å². The molecule has 0 spiro atoms. The van der Waals surface area contributed by atoms with Gasteiger partial charge in [-0.1, -0.05) is 25.8 Å². The summed E-state index contributed by atoms with van der Waals surface area (Å²) in [5.74, 6) is 0.411. The molecule has 27 heavy (non-hydrogen) atoms. The van der Waals surface area contributed by atoms with Crippen LogP contribution in [0.1, 0.15) is 36.5 Å². The van der Waals surface area contributed by atoms with Crippen molar-refractivity contribution < 1.29 is 17.9 Å². The Morgan fingerprint density at radius 2 is 1.78 bits per heavy atom. The monoisotopic (exact) mass is 390 g/mol. The highest BCUT2D eigenvalue weighted by Crippen LogP contribution is 2.19. The molecule has 0 heterocycles. The van der Waals surface area contributed by atoms with E-state index in [0.717, 1.165) is 29.3 Å². The summed E-state index contributed by atoms with van der Waals surface area (Å²) in [6.07, 6.45) is 3.27. The standard InChI is InChI=1S/C20H26N2O4S/c1-4-5-6-14-26-18-12-10-16(11-13-18)20(23)21-17-8-7-9-19(15-17)27(24,25)22(2)3/h7-13,15H,4-6,14H2,1-3H3,(H,21,23). The molecule has 0 saturated carbocycles. The molecule has 1 amide bonds. The number of rotatable bonds is 9. The first-order valence-corrected chi connectivity index (χ1v) is 10.4. The van der Waals surface area contributed by atoms with Crippen molar-refractivity contribution >= 4 is 21.6 Å². The van der Waals surface area contributed by atoms with Gasteiger partial charge >= 0.3 is 0 Å². The van der Waals surface area contributed by atoms with Crippen molar-refractivity contribution in [2.75, 3.05) is 26.0 Å². The molecule has 0 aliphatic heterocycles. The Morgan fingerprint density at radius 3 is 2.41 bits per heavy atom. The summed E-state index contributed by atoms with van der Waals surface area (Å²) in [5.41, 5.74) is 0.889. The highest BCUT2D eigenvalue weighted by molar-refractivity contribution is 7.89. The molecular formula is C20H26N2O4S. The van der Waals surface area contributed by atoms with Crippen LogP contribution in [0.25, 0.3) is 0 Å². The van der Waals surface area contributed by atoms with Crippen molar-refractivity contribution in [3.8, 4) is 5.75 Å². The number of sulfonamides is 1. The van der Waals surface area contributed by atoms with E-state index in [1.54, 1.807) is 36.4 Å². The maximum atomic E-state index is 12.4. The molecule has 146 valence electrons. The number of anilines is 1. The molecule has 0 unspecified atom stereocenters. The summed E-state index contributed by atoms with van der Waals surface area (Å²) in [4.78, 5) is 12.5. The molecule has 0 aliphatic carbocycles. The topological polar surface area (TPSA) is 75.7 Å². The fourth-order valence-electron chi connectivity index (χ4n) is 2.39. The minimum absolute atomic E-state index is 0.126. The molecule has 1 N–H and O–H groups in total. The minimum atomic E-state index is -3.55. The van der Waals surface area contributed by atoms with Crippen molar-refractivity contribution in [3.63, 3.8) is 0 Å². The number of benzene rings is 2. The number of unbranched alkanes of at least 4 members (excludes halogenated alkanes) is 2. The Morgan fingerprint density at radius 1 is 1.07 bits per heavy atom. The minimum Gasteiger partial charge on any atom is -0.494 e. The summed E-state index contributed by atoms with van der Waals surface area (Å²) in [5, 5.41) is 2.73. The molecule has 0 aliphatic rings. The predicted molar refractivity (Wildman–Crippen MR) is 107 cm³/mol. The molecule has 0 aromatic heterocycles. The summed E-state index contributed by atoms with van der Waals surface area (Å²) in [6.45, 7) is 2.80. The normalized spacial score (nSPS) is 11.4. The quantitative estimate of drug-likeness (QED) is 0.662. The van der Waals surface area contributed by atoms with Crippen LogP contribution in [0.15, 0.2) is 53.4 Å². The van der Waals surface area contributed by atoms with Crippen LogP contribution in [0.2, 0.25) is 0 Å². The molecule has 0 radical (unpaired) electrons. The zero-order valence-corrected chi connectivity index (χ0v) is 16.8. The van der Waals surface area contributed by atoms with Gasteiger partial charge in [-0.15, -0.1) is 0 Å². The number of carbonyl (C=O) groups is 1. The Balaban J connectivity index is 2.03. The van der Waals surface area contributed by atoms with E-state index in [9.17, 15) is 13.2 Å². The van der Waals surface area contributed by atoms with E-state index in [1.165, 1.54) is 26.2 Å². The third-order valence-corrected chi connectivity index (χ3v) is 5.81. The smallest absolute Gasteiger partial charge is 0.255 e. The Kier molecular flexibility index (Phi) is 7.38. The molecule has 0 fully saturated rings. The van der Waals surface area contributed by atoms with Crippen molar-refractivity contribution in [3.05, 3.63) is 54.1 Å². The maximum absolute atomic E-state index is 12.4. The Hall–Kier alpha value is -2.38. The summed E-state index contributed by atoms with van der Waals surface area (Å²) in [7, 11) is -0.624. The van der Waals surface area contributed by atoms with E-state index in [4.69, 9.17) is 4.74 Å². The number of nitrogens with zero attached hydrogens (tertiary/aromatic N) is 1. The number of hydrogen-bond acceptors (Lipinski definition) is 4. The zero-order valence-electron chi connectivity index (χ0n) is 15.9. The highest BCUT2D eigenvalue weighted by Gasteiger charge is 2.17. The molecule has 0 saturated heterocycles. The fourth-order valence-corrected chi connectivity index (χ4v) is 3.34. The molecular weight excluding hydrogens is 364 g/mol. The van der Waals surface area contributed by atoms with E-state index >= 15 is 0 Å². The van der Waals surface area contributed by atoms with E-state index in [2.05, 4.69) is 12.2 Å². The molecule has 2 aromatic carbocycles. The van der Waals surface area contributed by atoms with Gasteiger partial charge in [-0.25, -0.2) is 12.7 Å². The summed E-state index contributed by atoms with van der Waals surface area (Å²) >= 11 is 0. The third kappa shape index (κ3) is 5.80. The summed E-state index contributed by atoms with van der Waals surface area (Å²) in [6, 6.07) is 13.1. The Labute approximate surface area is 161 Å². The Bertz CT molecular complexity index is 862. The van der Waals surface area contributed by atoms with E-state index in [0.29, 0.717) is 17.9 Å². The van der Waals surface area contributed by atoms with Crippen molar-refractivity contribution in [1.29, 1.82) is 0 Å². The van der Waals surface area contributed by atoms with Crippen LogP contribution in [0, 0.1) is 0 Å². The van der Waals surface area contributed by atoms with Crippen LogP contribution in [0.3, 0.4) is 0 Å². The lowest BCUT2D eigenvalue weighted by Crippen LogP contribution is -2.22. The SMILES string of the molecule is CCCCCOc1ccc(C(=O)Nc2cccc(S(=O)(=O)N(C)C)c2)cc1. The largest absolute Gasteiger partial charge is 0.494 e. The average Bonchev–Trinajstić information content (AvgIpc) is 2.66. The van der Waals surface area contributed by atoms with Crippen LogP contribution < -0.4 is 10.1 Å². The fraction of sp³-hybridized carbons (Fsp3) is 0.350. The lowest BCUT2D eigenvalue weighted by atomic mass is 10.2. The van der Waals surface area contributed by atoms with E-state index < -0.39 is 10.0 Å². The maximum Gasteiger partial charge on any atom is 0.255 e. The molecule has 2 aromatic rings. The van der Waals surface area contributed by atoms with Gasteiger partial charge in [0.2, 0.25) is 10.0 Å². The van der Waals surface area contributed by atoms with E-state index in [1.807, 2.05) is 0 Å². The van der Waals surface area contributed by atoms with Gasteiger partial charge in [-0.05, 0) is 48.9 Å². The number of amides is 1. The second-order valence-corrected chi connectivity index (χ2v) is 8.50. The first kappa shape index (κ1) is 20.9. The number of carbonyl (C=O) groups excluding carboxylic acids is 1. The van der Waals surface area contributed by atoms with Gasteiger partial charge in [-0.3, -0.25) is 4.79 Å². The zero-order chi connectivity index (χ0) is 19.9. The number of hydrogen-bond donors (Lipinski definition) is 1. The third-order valence-electron chi connectivity index (χ3n) is 4.00. The molecule has 7 heteroatoms. The highest BCUT2D eigenvalue weighted by atomic mass is 32.2. The number of ether oxygens (including phenoxy) is 1. The van der Waals surface area contributed by atoms with Crippen LogP contribution in [0.5, 0.6) is 5.75 Å². The second kappa shape index (κ2) is 9.53. The molecule has 0 bridgehead atoms. The predicted octanol–water partition coefficient (Wildman–Crippen LogP) is 3.76. The molecule has 2 rings (SSSR count).